The van der Waals surface area contributed by atoms with Gasteiger partial charge in [0.25, 0.3) is 0 Å². The van der Waals surface area contributed by atoms with Gasteiger partial charge in [-0.05, 0) is 91.6 Å². The predicted octanol–water partition coefficient (Wildman–Crippen LogP) is 4.41. The number of nitrogens with one attached hydrogen (secondary N) is 1. The third kappa shape index (κ3) is 7.40. The minimum atomic E-state index is 0. The molecule has 0 aliphatic carbocycles. The minimum Gasteiger partial charge on any atom is -1.00 e. The van der Waals surface area contributed by atoms with E-state index in [0.29, 0.717) is 12.0 Å². The number of aromatic nitrogens is 6. The van der Waals surface area contributed by atoms with Crippen molar-refractivity contribution in [1.29, 1.82) is 0 Å². The van der Waals surface area contributed by atoms with Crippen LogP contribution < -0.4 is 34.9 Å². The molecule has 3 radical (unpaired) electrons. The molecule has 231 valence electrons. The van der Waals surface area contributed by atoms with Crippen molar-refractivity contribution in [2.45, 2.75) is 45.6 Å². The normalized spacial score (nSPS) is 19.6. The third-order valence-electron chi connectivity index (χ3n) is 8.74. The Labute approximate surface area is 304 Å². The predicted molar refractivity (Wildman–Crippen MR) is 189 cm³/mol. The van der Waals surface area contributed by atoms with Crippen LogP contribution in [0.25, 0.3) is 41.8 Å². The Morgan fingerprint density at radius 1 is 0.783 bits per heavy atom. The molecule has 0 spiro atoms. The average Bonchev–Trinajstić information content (AvgIpc) is 3.83. The second kappa shape index (κ2) is 15.0. The summed E-state index contributed by atoms with van der Waals surface area (Å²) in [5.74, 6) is 1.50. The fourth-order valence-electron chi connectivity index (χ4n) is 5.99. The van der Waals surface area contributed by atoms with Gasteiger partial charge in [0.1, 0.15) is 10.0 Å². The zero-order valence-electron chi connectivity index (χ0n) is 28.3. The molecule has 0 unspecified atom stereocenters. The number of nitrogens with zero attached hydrogens (tertiary/aromatic N) is 7. The molecule has 46 heavy (non-hydrogen) atoms. The molecule has 1 saturated heterocycles. The van der Waals surface area contributed by atoms with Crippen molar-refractivity contribution < 1.29 is 31.0 Å². The fourth-order valence-corrected chi connectivity index (χ4v) is 8.00. The quantitative estimate of drug-likeness (QED) is 0.284. The zero-order valence-corrected chi connectivity index (χ0v) is 30.9. The summed E-state index contributed by atoms with van der Waals surface area (Å²) in [7, 11) is 3.91. The number of rotatable bonds is 4. The Morgan fingerprint density at radius 3 is 1.96 bits per heavy atom. The van der Waals surface area contributed by atoms with E-state index in [9.17, 15) is 0 Å². The Balaban J connectivity index is 0.000000200. The first-order valence-electron chi connectivity index (χ1n) is 15.5. The van der Waals surface area contributed by atoms with Crippen molar-refractivity contribution >= 4 is 57.2 Å². The van der Waals surface area contributed by atoms with E-state index in [1.165, 1.54) is 45.5 Å². The maximum atomic E-state index is 4.82. The van der Waals surface area contributed by atoms with Crippen LogP contribution in [0.2, 0.25) is 0 Å². The van der Waals surface area contributed by atoms with Crippen LogP contribution in [0.5, 0.6) is 0 Å². The monoisotopic (exact) mass is 657 g/mol. The summed E-state index contributed by atoms with van der Waals surface area (Å²) in [5.41, 5.74) is 8.11. The van der Waals surface area contributed by atoms with Crippen molar-refractivity contribution in [2.24, 2.45) is 30.9 Å². The van der Waals surface area contributed by atoms with Gasteiger partial charge in [0, 0.05) is 53.2 Å². The second-order valence-electron chi connectivity index (χ2n) is 12.2. The number of benzene rings is 2. The molecule has 1 fully saturated rings. The van der Waals surface area contributed by atoms with Crippen LogP contribution in [0, 0.1) is 11.8 Å². The number of thiazole rings is 2. The largest absolute Gasteiger partial charge is 1.00 e. The summed E-state index contributed by atoms with van der Waals surface area (Å²) < 4.78 is 6.20. The van der Waals surface area contributed by atoms with Gasteiger partial charge in [-0.25, -0.2) is 9.97 Å². The van der Waals surface area contributed by atoms with Crippen LogP contribution in [0.15, 0.2) is 65.9 Å². The van der Waals surface area contributed by atoms with E-state index in [4.69, 9.17) is 15.0 Å². The summed E-state index contributed by atoms with van der Waals surface area (Å²) in [6.07, 6.45) is 8.45. The van der Waals surface area contributed by atoms with Gasteiger partial charge >= 0.3 is 29.6 Å². The summed E-state index contributed by atoms with van der Waals surface area (Å²) in [5, 5.41) is 14.2. The molecule has 6 heterocycles. The summed E-state index contributed by atoms with van der Waals surface area (Å²) in [4.78, 5) is 14.3. The Kier molecular flexibility index (Phi) is 11.3. The molecule has 8 rings (SSSR count). The average molecular weight is 658 g/mol. The molecule has 0 amide bonds. The van der Waals surface area contributed by atoms with Crippen LogP contribution in [0.1, 0.15) is 58.1 Å². The van der Waals surface area contributed by atoms with Gasteiger partial charge in [0.05, 0.1) is 31.8 Å². The Hall–Kier alpha value is -2.67. The van der Waals surface area contributed by atoms with Crippen molar-refractivity contribution in [1.82, 2.24) is 34.8 Å². The van der Waals surface area contributed by atoms with Gasteiger partial charge in [-0.15, -0.1) is 22.7 Å². The van der Waals surface area contributed by atoms with E-state index in [1.807, 2.05) is 48.0 Å². The van der Waals surface area contributed by atoms with E-state index < -0.39 is 0 Å². The molecule has 8 nitrogen and oxygen atoms in total. The van der Waals surface area contributed by atoms with Crippen molar-refractivity contribution in [3.63, 3.8) is 0 Å². The van der Waals surface area contributed by atoms with Gasteiger partial charge in [-0.3, -0.25) is 14.4 Å². The van der Waals surface area contributed by atoms with Gasteiger partial charge in [-0.2, -0.15) is 10.2 Å². The molecule has 2 aliphatic heterocycles. The minimum absolute atomic E-state index is 0. The van der Waals surface area contributed by atoms with Crippen molar-refractivity contribution in [2.75, 3.05) is 13.1 Å². The fraction of sp³-hybridized carbons (Fsp3) is 0.382. The molecule has 1 N–H and O–H groups in total. The first kappa shape index (κ1) is 34.7. The summed E-state index contributed by atoms with van der Waals surface area (Å²) >= 11 is 3.45. The van der Waals surface area contributed by atoms with Crippen LogP contribution in [-0.2, 0) is 14.1 Å². The van der Waals surface area contributed by atoms with E-state index >= 15 is 0 Å². The van der Waals surface area contributed by atoms with E-state index in [0.717, 1.165) is 57.9 Å². The molecule has 12 heteroatoms. The maximum Gasteiger partial charge on any atom is 1.00 e. The van der Waals surface area contributed by atoms with E-state index in [1.54, 1.807) is 22.7 Å². The molecular weight excluding hydrogens is 618 g/mol. The van der Waals surface area contributed by atoms with Gasteiger partial charge in [0.2, 0.25) is 0 Å². The standard InChI is InChI=1S/C17H20N4S.C17H18N4S.B.Na.H/c2*1-11-3-5-13(18-10-11)12-4-6-16-14(9-12)20-17(22-16)15-7-8-19-21(15)2;;;/h4,6-9,11,13,18H,3,5,10H2,1-2H3;4,6-9,11H,3,5,10H2,1-2H3;;;/q;;;+1;-1/t11-,13+;11-;;;/m00.../s1. The summed E-state index contributed by atoms with van der Waals surface area (Å²) in [6, 6.07) is 17.7. The number of aryl methyl sites for hydroxylation is 2. The zero-order chi connectivity index (χ0) is 30.2. The molecule has 6 aromatic rings. The van der Waals surface area contributed by atoms with Crippen LogP contribution >= 0.6 is 22.7 Å². The number of piperidine rings is 1. The smallest absolute Gasteiger partial charge is 1.00 e. The molecule has 0 saturated carbocycles. The molecule has 2 aliphatic rings. The molecule has 4 aromatic heterocycles. The number of aliphatic imine (C=N–C) groups is 1. The SMILES string of the molecule is C[C@H]1CCC(c2ccc3sc(-c4ccnn4C)nc3c2)=NC1.C[C@H]1CC[C@H](c2ccc3sc(-c4ccnn4C)nc3c2)NC1.[B].[H-].[Na+]. The maximum absolute atomic E-state index is 4.82. The molecule has 0 bridgehead atoms. The first-order chi connectivity index (χ1) is 21.4. The third-order valence-corrected chi connectivity index (χ3v) is 10.9. The molecule has 2 aromatic carbocycles. The Bertz CT molecular complexity index is 1960. The molecular formula is C34H39BN8NaS2. The molecule has 3 atom stereocenters. The van der Waals surface area contributed by atoms with E-state index in [-0.39, 0.29) is 39.4 Å². The van der Waals surface area contributed by atoms with Crippen LogP contribution in [0.3, 0.4) is 0 Å². The number of fused-ring (bicyclic) bond motifs is 2. The first-order valence-corrected chi connectivity index (χ1v) is 17.1. The van der Waals surface area contributed by atoms with Gasteiger partial charge in [0.15, 0.2) is 0 Å². The second-order valence-corrected chi connectivity index (χ2v) is 14.3. The van der Waals surface area contributed by atoms with Gasteiger partial charge < -0.3 is 6.74 Å². The Morgan fingerprint density at radius 2 is 1.41 bits per heavy atom. The van der Waals surface area contributed by atoms with Gasteiger partial charge in [-0.1, -0.05) is 26.0 Å². The van der Waals surface area contributed by atoms with Crippen LogP contribution in [-0.4, -0.2) is 56.7 Å². The van der Waals surface area contributed by atoms with Crippen molar-refractivity contribution in [3.8, 4) is 21.4 Å². The number of hydrogen-bond acceptors (Lipinski definition) is 8. The van der Waals surface area contributed by atoms with Crippen LogP contribution in [0.4, 0.5) is 0 Å². The summed E-state index contributed by atoms with van der Waals surface area (Å²) in [6.45, 7) is 6.64. The van der Waals surface area contributed by atoms with E-state index in [2.05, 4.69) is 65.8 Å². The number of hydrogen-bond donors (Lipinski definition) is 1. The van der Waals surface area contributed by atoms with Crippen molar-refractivity contribution in [3.05, 3.63) is 72.1 Å². The topological polar surface area (TPSA) is 85.8 Å².